The number of nitrogens with one attached hydrogen (secondary N) is 2. The number of benzene rings is 2. The van der Waals surface area contributed by atoms with Crippen molar-refractivity contribution in [2.24, 2.45) is 5.92 Å². The average Bonchev–Trinajstić information content (AvgIpc) is 3.58. The van der Waals surface area contributed by atoms with Crippen molar-refractivity contribution in [3.05, 3.63) is 66.2 Å². The van der Waals surface area contributed by atoms with Crippen molar-refractivity contribution in [3.8, 4) is 28.7 Å². The topological polar surface area (TPSA) is 179 Å². The molecule has 1 aliphatic rings. The largest absolute Gasteiger partial charge is 0.495 e. The van der Waals surface area contributed by atoms with E-state index in [4.69, 9.17) is 14.2 Å². The number of carbonyl (C=O) groups is 2. The van der Waals surface area contributed by atoms with E-state index in [0.717, 1.165) is 5.56 Å². The smallest absolute Gasteiger partial charge is 0.308 e. The summed E-state index contributed by atoms with van der Waals surface area (Å²) in [4.78, 5) is 33.8. The number of rotatable bonds is 11. The second-order valence-corrected chi connectivity index (χ2v) is 10.7. The summed E-state index contributed by atoms with van der Waals surface area (Å²) in [5, 5.41) is 26.9. The highest BCUT2D eigenvalue weighted by Gasteiger charge is 2.28. The number of ether oxygens (including phenoxy) is 3. The molecule has 2 aromatic heterocycles. The lowest BCUT2D eigenvalue weighted by Gasteiger charge is -2.27. The Morgan fingerprint density at radius 3 is 2.49 bits per heavy atom. The SMILES string of the molecule is COC(=O)C1CCC(NC(=O)c2ccc(OC)c(Nc3ncc(-c4ccc(C#N)c(O[C@@H](C)Cn5cnnn5)c4)cn3)c2)CC1. The first-order valence-corrected chi connectivity index (χ1v) is 14.4. The van der Waals surface area contributed by atoms with Gasteiger partial charge in [-0.2, -0.15) is 5.26 Å². The molecule has 0 spiro atoms. The zero-order valence-corrected chi connectivity index (χ0v) is 25.1. The summed E-state index contributed by atoms with van der Waals surface area (Å²) >= 11 is 0. The van der Waals surface area contributed by atoms with Crippen LogP contribution in [0.2, 0.25) is 0 Å². The second-order valence-electron chi connectivity index (χ2n) is 10.7. The predicted octanol–water partition coefficient (Wildman–Crippen LogP) is 3.68. The maximum Gasteiger partial charge on any atom is 0.308 e. The number of anilines is 2. The van der Waals surface area contributed by atoms with Gasteiger partial charge in [-0.1, -0.05) is 6.07 Å². The van der Waals surface area contributed by atoms with Crippen LogP contribution in [0, 0.1) is 17.2 Å². The van der Waals surface area contributed by atoms with E-state index in [0.29, 0.717) is 72.1 Å². The molecular weight excluding hydrogens is 578 g/mol. The fourth-order valence-electron chi connectivity index (χ4n) is 5.19. The first-order chi connectivity index (χ1) is 21.9. The minimum Gasteiger partial charge on any atom is -0.495 e. The zero-order valence-electron chi connectivity index (χ0n) is 25.1. The molecule has 14 nitrogen and oxygen atoms in total. The third-order valence-electron chi connectivity index (χ3n) is 7.56. The van der Waals surface area contributed by atoms with Crippen molar-refractivity contribution in [1.29, 1.82) is 5.26 Å². The van der Waals surface area contributed by atoms with E-state index in [9.17, 15) is 14.9 Å². The summed E-state index contributed by atoms with van der Waals surface area (Å²) in [7, 11) is 2.94. The minimum atomic E-state index is -0.298. The monoisotopic (exact) mass is 611 g/mol. The molecule has 45 heavy (non-hydrogen) atoms. The highest BCUT2D eigenvalue weighted by Crippen LogP contribution is 2.31. The van der Waals surface area contributed by atoms with Crippen molar-refractivity contribution >= 4 is 23.5 Å². The zero-order chi connectivity index (χ0) is 31.8. The summed E-state index contributed by atoms with van der Waals surface area (Å²) in [5.74, 6) is 0.716. The van der Waals surface area contributed by atoms with Crippen LogP contribution < -0.4 is 20.1 Å². The van der Waals surface area contributed by atoms with Crippen molar-refractivity contribution in [1.82, 2.24) is 35.5 Å². The molecule has 0 aliphatic heterocycles. The van der Waals surface area contributed by atoms with Crippen molar-refractivity contribution in [3.63, 3.8) is 0 Å². The van der Waals surface area contributed by atoms with E-state index in [1.807, 2.05) is 6.92 Å². The van der Waals surface area contributed by atoms with Crippen LogP contribution in [0.25, 0.3) is 11.1 Å². The lowest BCUT2D eigenvalue weighted by atomic mass is 9.86. The first-order valence-electron chi connectivity index (χ1n) is 14.4. The molecule has 4 aromatic rings. The molecule has 0 saturated heterocycles. The molecule has 0 bridgehead atoms. The number of hydrogen-bond acceptors (Lipinski definition) is 12. The Kier molecular flexibility index (Phi) is 9.78. The summed E-state index contributed by atoms with van der Waals surface area (Å²) in [5.41, 5.74) is 2.85. The highest BCUT2D eigenvalue weighted by molar-refractivity contribution is 5.96. The molecule has 2 N–H and O–H groups in total. The van der Waals surface area contributed by atoms with Gasteiger partial charge < -0.3 is 24.8 Å². The van der Waals surface area contributed by atoms with Crippen LogP contribution >= 0.6 is 0 Å². The van der Waals surface area contributed by atoms with E-state index in [2.05, 4.69) is 42.2 Å². The standard InChI is InChI=1S/C31H33N9O5/c1-19(17-40-18-35-38-39-40)45-28-13-21(4-5-23(28)14-32)24-15-33-31(34-16-24)37-26-12-22(8-11-27(26)43-2)29(41)36-25-9-6-20(7-10-25)30(42)44-3/h4-5,8,11-13,15-16,18-20,25H,6-7,9-10,17H2,1-3H3,(H,36,41)(H,33,34,37)/t19-,20?,25?/m0/s1. The van der Waals surface area contributed by atoms with Gasteiger partial charge in [-0.25, -0.2) is 14.6 Å². The third kappa shape index (κ3) is 7.69. The molecule has 2 heterocycles. The van der Waals surface area contributed by atoms with Gasteiger partial charge >= 0.3 is 5.97 Å². The van der Waals surface area contributed by atoms with Gasteiger partial charge in [0.1, 0.15) is 30.0 Å². The fourth-order valence-corrected chi connectivity index (χ4v) is 5.19. The van der Waals surface area contributed by atoms with Gasteiger partial charge in [-0.15, -0.1) is 5.10 Å². The van der Waals surface area contributed by atoms with Crippen molar-refractivity contribution in [2.75, 3.05) is 19.5 Å². The van der Waals surface area contributed by atoms with Gasteiger partial charge in [-0.05, 0) is 78.9 Å². The molecule has 0 radical (unpaired) electrons. The van der Waals surface area contributed by atoms with Crippen LogP contribution in [0.15, 0.2) is 55.1 Å². The number of nitrogens with zero attached hydrogens (tertiary/aromatic N) is 7. The quantitative estimate of drug-likeness (QED) is 0.235. The molecule has 1 amide bonds. The van der Waals surface area contributed by atoms with Gasteiger partial charge in [0.25, 0.3) is 5.91 Å². The number of esters is 1. The summed E-state index contributed by atoms with van der Waals surface area (Å²) in [6, 6.07) is 12.5. The van der Waals surface area contributed by atoms with Crippen LogP contribution in [0.3, 0.4) is 0 Å². The molecular formula is C31H33N9O5. The number of nitriles is 1. The van der Waals surface area contributed by atoms with Crippen LogP contribution in [-0.2, 0) is 16.1 Å². The van der Waals surface area contributed by atoms with Crippen LogP contribution in [0.4, 0.5) is 11.6 Å². The molecule has 1 aliphatic carbocycles. The number of carbonyl (C=O) groups excluding carboxylic acids is 2. The number of amides is 1. The maximum atomic E-state index is 13.1. The summed E-state index contributed by atoms with van der Waals surface area (Å²) < 4.78 is 17.9. The number of tetrazole rings is 1. The number of hydrogen-bond donors (Lipinski definition) is 2. The van der Waals surface area contributed by atoms with E-state index < -0.39 is 0 Å². The van der Waals surface area contributed by atoms with E-state index in [1.54, 1.807) is 53.5 Å². The summed E-state index contributed by atoms with van der Waals surface area (Å²) in [6.07, 6.45) is 7.27. The fraction of sp³-hybridized carbons (Fsp3) is 0.355. The Hall–Kier alpha value is -5.58. The van der Waals surface area contributed by atoms with Gasteiger partial charge in [0, 0.05) is 29.6 Å². The number of methoxy groups -OCH3 is 2. The van der Waals surface area contributed by atoms with Crippen molar-refractivity contribution < 1.29 is 23.8 Å². The van der Waals surface area contributed by atoms with E-state index in [-0.39, 0.29) is 29.9 Å². The Bertz CT molecular complexity index is 1660. The molecule has 0 unspecified atom stereocenters. The Balaban J connectivity index is 1.25. The molecule has 1 saturated carbocycles. The molecule has 1 atom stereocenters. The Morgan fingerprint density at radius 2 is 1.82 bits per heavy atom. The average molecular weight is 612 g/mol. The number of aromatic nitrogens is 6. The highest BCUT2D eigenvalue weighted by atomic mass is 16.5. The molecule has 1 fully saturated rings. The minimum absolute atomic E-state index is 0.0184. The third-order valence-corrected chi connectivity index (χ3v) is 7.56. The normalized spacial score (nSPS) is 16.6. The molecule has 2 aromatic carbocycles. The van der Waals surface area contributed by atoms with Gasteiger partial charge in [0.15, 0.2) is 0 Å². The summed E-state index contributed by atoms with van der Waals surface area (Å²) in [6.45, 7) is 2.28. The van der Waals surface area contributed by atoms with E-state index in [1.165, 1.54) is 20.5 Å². The molecule has 5 rings (SSSR count). The Morgan fingerprint density at radius 1 is 1.04 bits per heavy atom. The van der Waals surface area contributed by atoms with Gasteiger partial charge in [-0.3, -0.25) is 9.59 Å². The maximum absolute atomic E-state index is 13.1. The lowest BCUT2D eigenvalue weighted by molar-refractivity contribution is -0.146. The Labute approximate surface area is 259 Å². The predicted molar refractivity (Wildman–Crippen MR) is 162 cm³/mol. The van der Waals surface area contributed by atoms with E-state index >= 15 is 0 Å². The van der Waals surface area contributed by atoms with Crippen LogP contribution in [-0.4, -0.2) is 68.4 Å². The molecule has 14 heteroatoms. The first kappa shape index (κ1) is 30.9. The van der Waals surface area contributed by atoms with Crippen LogP contribution in [0.5, 0.6) is 11.5 Å². The van der Waals surface area contributed by atoms with Crippen LogP contribution in [0.1, 0.15) is 48.5 Å². The lowest BCUT2D eigenvalue weighted by Crippen LogP contribution is -2.38. The second kappa shape index (κ2) is 14.3. The van der Waals surface area contributed by atoms with Gasteiger partial charge in [0.05, 0.1) is 37.9 Å². The van der Waals surface area contributed by atoms with Gasteiger partial charge in [0.2, 0.25) is 5.95 Å². The molecule has 232 valence electrons. The van der Waals surface area contributed by atoms with Crippen molar-refractivity contribution in [2.45, 2.75) is 51.3 Å².